The SMILES string of the molecule is O=C(CCC(F)(F)F)N1CC[C@@H](c2nc(-c3cccs3)no2)C1. The van der Waals surface area contributed by atoms with Gasteiger partial charge >= 0.3 is 6.18 Å². The molecule has 1 amide bonds. The van der Waals surface area contributed by atoms with Crippen molar-refractivity contribution in [1.82, 2.24) is 15.0 Å². The maximum absolute atomic E-state index is 12.2. The summed E-state index contributed by atoms with van der Waals surface area (Å²) in [6, 6.07) is 3.76. The molecule has 5 nitrogen and oxygen atoms in total. The summed E-state index contributed by atoms with van der Waals surface area (Å²) >= 11 is 1.49. The Morgan fingerprint density at radius 1 is 1.48 bits per heavy atom. The monoisotopic (exact) mass is 345 g/mol. The van der Waals surface area contributed by atoms with E-state index in [1.54, 1.807) is 0 Å². The van der Waals surface area contributed by atoms with Crippen molar-refractivity contribution in [2.45, 2.75) is 31.4 Å². The summed E-state index contributed by atoms with van der Waals surface area (Å²) < 4.78 is 41.8. The van der Waals surface area contributed by atoms with E-state index in [-0.39, 0.29) is 5.92 Å². The van der Waals surface area contributed by atoms with Crippen molar-refractivity contribution in [2.24, 2.45) is 0 Å². The molecule has 1 saturated heterocycles. The van der Waals surface area contributed by atoms with Crippen LogP contribution in [0.3, 0.4) is 0 Å². The molecule has 2 aromatic rings. The first-order chi connectivity index (χ1) is 10.9. The zero-order valence-corrected chi connectivity index (χ0v) is 12.9. The number of carbonyl (C=O) groups is 1. The molecule has 9 heteroatoms. The van der Waals surface area contributed by atoms with Gasteiger partial charge in [0.2, 0.25) is 17.6 Å². The molecule has 124 valence electrons. The molecule has 0 bridgehead atoms. The van der Waals surface area contributed by atoms with Gasteiger partial charge in [0.25, 0.3) is 0 Å². The number of aromatic nitrogens is 2. The van der Waals surface area contributed by atoms with E-state index in [9.17, 15) is 18.0 Å². The second-order valence-corrected chi connectivity index (χ2v) is 6.32. The molecule has 0 saturated carbocycles. The molecule has 3 heterocycles. The molecule has 0 radical (unpaired) electrons. The van der Waals surface area contributed by atoms with E-state index in [0.29, 0.717) is 31.2 Å². The van der Waals surface area contributed by atoms with Crippen molar-refractivity contribution in [1.29, 1.82) is 0 Å². The zero-order valence-electron chi connectivity index (χ0n) is 12.0. The highest BCUT2D eigenvalue weighted by molar-refractivity contribution is 7.13. The second kappa shape index (κ2) is 6.31. The number of likely N-dealkylation sites (tertiary alicyclic amines) is 1. The number of hydrogen-bond donors (Lipinski definition) is 0. The van der Waals surface area contributed by atoms with Crippen LogP contribution >= 0.6 is 11.3 Å². The summed E-state index contributed by atoms with van der Waals surface area (Å²) in [6.07, 6.45) is -5.29. The highest BCUT2D eigenvalue weighted by atomic mass is 32.1. The molecule has 0 aromatic carbocycles. The molecule has 1 aliphatic rings. The van der Waals surface area contributed by atoms with E-state index in [4.69, 9.17) is 4.52 Å². The van der Waals surface area contributed by atoms with Crippen molar-refractivity contribution >= 4 is 17.2 Å². The Morgan fingerprint density at radius 3 is 3.00 bits per heavy atom. The van der Waals surface area contributed by atoms with Crippen LogP contribution in [0.4, 0.5) is 13.2 Å². The van der Waals surface area contributed by atoms with Gasteiger partial charge in [-0.05, 0) is 17.9 Å². The van der Waals surface area contributed by atoms with Crippen LogP contribution in [-0.2, 0) is 4.79 Å². The molecule has 1 aliphatic heterocycles. The van der Waals surface area contributed by atoms with Crippen LogP contribution in [0, 0.1) is 0 Å². The lowest BCUT2D eigenvalue weighted by atomic mass is 10.1. The quantitative estimate of drug-likeness (QED) is 0.851. The minimum Gasteiger partial charge on any atom is -0.342 e. The number of halogens is 3. The first kappa shape index (κ1) is 16.0. The first-order valence-electron chi connectivity index (χ1n) is 7.14. The Bertz CT molecular complexity index is 669. The van der Waals surface area contributed by atoms with Gasteiger partial charge < -0.3 is 9.42 Å². The van der Waals surface area contributed by atoms with Crippen LogP contribution in [0.25, 0.3) is 10.7 Å². The Labute approximate surface area is 134 Å². The largest absolute Gasteiger partial charge is 0.389 e. The molecule has 0 spiro atoms. The lowest BCUT2D eigenvalue weighted by molar-refractivity contribution is -0.148. The lowest BCUT2D eigenvalue weighted by Gasteiger charge is -2.16. The fourth-order valence-corrected chi connectivity index (χ4v) is 3.15. The van der Waals surface area contributed by atoms with Gasteiger partial charge in [-0.25, -0.2) is 0 Å². The summed E-state index contributed by atoms with van der Waals surface area (Å²) in [6.45, 7) is 0.737. The maximum atomic E-state index is 12.2. The summed E-state index contributed by atoms with van der Waals surface area (Å²) in [7, 11) is 0. The molecule has 1 atom stereocenters. The fourth-order valence-electron chi connectivity index (χ4n) is 2.50. The molecule has 0 unspecified atom stereocenters. The number of carbonyl (C=O) groups excluding carboxylic acids is 1. The highest BCUT2D eigenvalue weighted by Gasteiger charge is 2.34. The number of amides is 1. The molecular formula is C14H14F3N3O2S. The van der Waals surface area contributed by atoms with Crippen LogP contribution in [0.2, 0.25) is 0 Å². The Kier molecular flexibility index (Phi) is 4.38. The second-order valence-electron chi connectivity index (χ2n) is 5.37. The van der Waals surface area contributed by atoms with Crippen molar-refractivity contribution in [3.8, 4) is 10.7 Å². The maximum Gasteiger partial charge on any atom is 0.389 e. The number of thiophene rings is 1. The van der Waals surface area contributed by atoms with Gasteiger partial charge in [0.05, 0.1) is 17.2 Å². The average Bonchev–Trinajstić information content (AvgIpc) is 3.22. The fraction of sp³-hybridized carbons (Fsp3) is 0.500. The normalized spacial score (nSPS) is 18.6. The Balaban J connectivity index is 1.58. The predicted octanol–water partition coefficient (Wildman–Crippen LogP) is 3.46. The molecule has 3 rings (SSSR count). The molecule has 0 N–H and O–H groups in total. The number of alkyl halides is 3. The minimum absolute atomic E-state index is 0.119. The third kappa shape index (κ3) is 3.90. The number of hydrogen-bond acceptors (Lipinski definition) is 5. The van der Waals surface area contributed by atoms with E-state index in [1.807, 2.05) is 17.5 Å². The van der Waals surface area contributed by atoms with Crippen molar-refractivity contribution in [2.75, 3.05) is 13.1 Å². The molecular weight excluding hydrogens is 331 g/mol. The van der Waals surface area contributed by atoms with Gasteiger partial charge in [0.1, 0.15) is 0 Å². The van der Waals surface area contributed by atoms with Gasteiger partial charge in [0.15, 0.2) is 0 Å². The Morgan fingerprint density at radius 2 is 2.30 bits per heavy atom. The molecule has 2 aromatic heterocycles. The minimum atomic E-state index is -4.31. The van der Waals surface area contributed by atoms with Crippen molar-refractivity contribution in [3.05, 3.63) is 23.4 Å². The third-order valence-electron chi connectivity index (χ3n) is 3.70. The van der Waals surface area contributed by atoms with Crippen LogP contribution in [0.15, 0.2) is 22.0 Å². The van der Waals surface area contributed by atoms with Crippen molar-refractivity contribution < 1.29 is 22.5 Å². The highest BCUT2D eigenvalue weighted by Crippen LogP contribution is 2.30. The summed E-state index contributed by atoms with van der Waals surface area (Å²) in [4.78, 5) is 18.5. The van der Waals surface area contributed by atoms with Crippen molar-refractivity contribution in [3.63, 3.8) is 0 Å². The standard InChI is InChI=1S/C14H14F3N3O2S/c15-14(16,17)5-3-11(21)20-6-4-9(8-20)13-18-12(19-22-13)10-2-1-7-23-10/h1-2,7,9H,3-6,8H2/t9-/m1/s1. The van der Waals surface area contributed by atoms with Crippen LogP contribution in [0.5, 0.6) is 0 Å². The van der Waals surface area contributed by atoms with Gasteiger partial charge in [-0.2, -0.15) is 18.2 Å². The van der Waals surface area contributed by atoms with E-state index in [0.717, 1.165) is 4.88 Å². The smallest absolute Gasteiger partial charge is 0.342 e. The van der Waals surface area contributed by atoms with E-state index in [2.05, 4.69) is 10.1 Å². The van der Waals surface area contributed by atoms with E-state index < -0.39 is 24.9 Å². The molecule has 0 aliphatic carbocycles. The topological polar surface area (TPSA) is 59.2 Å². The molecule has 1 fully saturated rings. The summed E-state index contributed by atoms with van der Waals surface area (Å²) in [5.74, 6) is 0.324. The van der Waals surface area contributed by atoms with Crippen LogP contribution in [0.1, 0.15) is 31.1 Å². The van der Waals surface area contributed by atoms with Gasteiger partial charge in [-0.1, -0.05) is 11.2 Å². The van der Waals surface area contributed by atoms with E-state index in [1.165, 1.54) is 16.2 Å². The Hall–Kier alpha value is -1.90. The van der Waals surface area contributed by atoms with Crippen LogP contribution < -0.4 is 0 Å². The number of nitrogens with zero attached hydrogens (tertiary/aromatic N) is 3. The average molecular weight is 345 g/mol. The van der Waals surface area contributed by atoms with E-state index >= 15 is 0 Å². The van der Waals surface area contributed by atoms with Gasteiger partial charge in [-0.15, -0.1) is 11.3 Å². The predicted molar refractivity (Wildman–Crippen MR) is 76.8 cm³/mol. The summed E-state index contributed by atoms with van der Waals surface area (Å²) in [5, 5.41) is 5.82. The number of rotatable bonds is 4. The first-order valence-corrected chi connectivity index (χ1v) is 8.02. The van der Waals surface area contributed by atoms with Crippen LogP contribution in [-0.4, -0.2) is 40.2 Å². The third-order valence-corrected chi connectivity index (χ3v) is 4.56. The summed E-state index contributed by atoms with van der Waals surface area (Å²) in [5.41, 5.74) is 0. The van der Waals surface area contributed by atoms with Gasteiger partial charge in [-0.3, -0.25) is 4.79 Å². The molecule has 23 heavy (non-hydrogen) atoms. The van der Waals surface area contributed by atoms with Gasteiger partial charge in [0, 0.05) is 19.5 Å². The lowest BCUT2D eigenvalue weighted by Crippen LogP contribution is -2.29. The zero-order chi connectivity index (χ0) is 16.4.